The topological polar surface area (TPSA) is 52.6 Å². The largest absolute Gasteiger partial charge is 0.458 e. The smallest absolute Gasteiger partial charge is 0.317 e. The molecule has 1 aliphatic carbocycles. The Morgan fingerprint density at radius 1 is 1.20 bits per heavy atom. The molecule has 2 fully saturated rings. The molecule has 4 nitrogen and oxygen atoms in total. The Bertz CT molecular complexity index is 297. The van der Waals surface area contributed by atoms with Gasteiger partial charge in [0, 0.05) is 5.92 Å². The predicted molar refractivity (Wildman–Crippen MR) is 51.9 cm³/mol. The third kappa shape index (κ3) is 2.03. The van der Waals surface area contributed by atoms with Crippen LogP contribution in [0.5, 0.6) is 0 Å². The molecule has 1 saturated heterocycles. The second-order valence-corrected chi connectivity index (χ2v) is 3.99. The van der Waals surface area contributed by atoms with Crippen molar-refractivity contribution in [1.29, 1.82) is 0 Å². The van der Waals surface area contributed by atoms with E-state index in [1.165, 1.54) is 0 Å². The highest BCUT2D eigenvalue weighted by molar-refractivity contribution is 5.91. The molecule has 0 aromatic rings. The van der Waals surface area contributed by atoms with Crippen LogP contribution in [-0.2, 0) is 19.1 Å². The number of esters is 2. The molecule has 3 unspecified atom stereocenters. The minimum Gasteiger partial charge on any atom is -0.458 e. The highest BCUT2D eigenvalue weighted by Crippen LogP contribution is 2.32. The number of fused-ring (bicyclic) bond motifs is 1. The Hall–Kier alpha value is -1.32. The summed E-state index contributed by atoms with van der Waals surface area (Å²) < 4.78 is 10.4. The number of hydrogen-bond acceptors (Lipinski definition) is 4. The molecule has 0 spiro atoms. The van der Waals surface area contributed by atoms with E-state index in [0.717, 1.165) is 19.3 Å². The lowest BCUT2D eigenvalue weighted by Crippen LogP contribution is -2.40. The van der Waals surface area contributed by atoms with Gasteiger partial charge in [-0.2, -0.15) is 0 Å². The summed E-state index contributed by atoms with van der Waals surface area (Å²) in [6, 6.07) is 0. The van der Waals surface area contributed by atoms with Gasteiger partial charge in [-0.25, -0.2) is 0 Å². The molecular formula is C11H14O4. The maximum absolute atomic E-state index is 11.3. The standard InChI is InChI=1S/C11H14O4/c1-2-7-4-3-5-8-11(7)15-10(13)6-9(12)14-8/h2,7-8,11H,1,3-6H2. The number of hydrogen-bond donors (Lipinski definition) is 0. The Balaban J connectivity index is 2.18. The van der Waals surface area contributed by atoms with Crippen molar-refractivity contribution in [2.24, 2.45) is 5.92 Å². The van der Waals surface area contributed by atoms with Gasteiger partial charge in [0.1, 0.15) is 18.6 Å². The molecule has 3 atom stereocenters. The van der Waals surface area contributed by atoms with Crippen LogP contribution in [0.25, 0.3) is 0 Å². The fourth-order valence-corrected chi connectivity index (χ4v) is 2.22. The van der Waals surface area contributed by atoms with E-state index < -0.39 is 11.9 Å². The van der Waals surface area contributed by atoms with Crippen molar-refractivity contribution < 1.29 is 19.1 Å². The minimum absolute atomic E-state index is 0.110. The zero-order valence-corrected chi connectivity index (χ0v) is 8.48. The summed E-state index contributed by atoms with van der Waals surface area (Å²) in [6.45, 7) is 3.72. The molecule has 15 heavy (non-hydrogen) atoms. The summed E-state index contributed by atoms with van der Waals surface area (Å²) in [4.78, 5) is 22.4. The van der Waals surface area contributed by atoms with Gasteiger partial charge in [-0.15, -0.1) is 6.58 Å². The lowest BCUT2D eigenvalue weighted by Gasteiger charge is -2.33. The monoisotopic (exact) mass is 210 g/mol. The van der Waals surface area contributed by atoms with Crippen molar-refractivity contribution >= 4 is 11.9 Å². The molecule has 1 aliphatic heterocycles. The van der Waals surface area contributed by atoms with Crippen LogP contribution in [0.3, 0.4) is 0 Å². The number of carbonyl (C=O) groups is 2. The van der Waals surface area contributed by atoms with Crippen LogP contribution in [0, 0.1) is 5.92 Å². The molecule has 0 N–H and O–H groups in total. The van der Waals surface area contributed by atoms with E-state index in [1.54, 1.807) is 6.08 Å². The van der Waals surface area contributed by atoms with E-state index in [2.05, 4.69) is 6.58 Å². The molecule has 0 aromatic carbocycles. The normalized spacial score (nSPS) is 35.9. The molecule has 0 aromatic heterocycles. The van der Waals surface area contributed by atoms with Crippen LogP contribution in [0.4, 0.5) is 0 Å². The first kappa shape index (κ1) is 10.2. The van der Waals surface area contributed by atoms with Crippen molar-refractivity contribution in [3.63, 3.8) is 0 Å². The molecule has 2 aliphatic rings. The van der Waals surface area contributed by atoms with Crippen molar-refractivity contribution in [1.82, 2.24) is 0 Å². The lowest BCUT2D eigenvalue weighted by molar-refractivity contribution is -0.158. The van der Waals surface area contributed by atoms with E-state index in [0.29, 0.717) is 0 Å². The second kappa shape index (κ2) is 4.04. The molecule has 0 bridgehead atoms. The number of rotatable bonds is 1. The van der Waals surface area contributed by atoms with Crippen LogP contribution in [0.2, 0.25) is 0 Å². The molecule has 82 valence electrons. The van der Waals surface area contributed by atoms with Gasteiger partial charge < -0.3 is 9.47 Å². The molecule has 2 rings (SSSR count). The SMILES string of the molecule is C=CC1CCCC2OC(=O)CC(=O)OC12. The average molecular weight is 210 g/mol. The summed E-state index contributed by atoms with van der Waals surface area (Å²) in [5.41, 5.74) is 0. The third-order valence-corrected chi connectivity index (χ3v) is 2.96. The van der Waals surface area contributed by atoms with Gasteiger partial charge >= 0.3 is 11.9 Å². The van der Waals surface area contributed by atoms with Crippen LogP contribution >= 0.6 is 0 Å². The quantitative estimate of drug-likeness (QED) is 0.370. The first-order chi connectivity index (χ1) is 7.20. The van der Waals surface area contributed by atoms with Crippen molar-refractivity contribution in [2.45, 2.75) is 37.9 Å². The van der Waals surface area contributed by atoms with Crippen LogP contribution in [-0.4, -0.2) is 24.1 Å². The summed E-state index contributed by atoms with van der Waals surface area (Å²) in [5.74, 6) is -0.850. The van der Waals surface area contributed by atoms with Gasteiger partial charge in [0.2, 0.25) is 0 Å². The van der Waals surface area contributed by atoms with Gasteiger partial charge in [-0.05, 0) is 19.3 Å². The molecular weight excluding hydrogens is 196 g/mol. The first-order valence-electron chi connectivity index (χ1n) is 5.22. The van der Waals surface area contributed by atoms with E-state index in [1.807, 2.05) is 0 Å². The lowest BCUT2D eigenvalue weighted by atomic mass is 9.84. The van der Waals surface area contributed by atoms with Gasteiger partial charge in [0.15, 0.2) is 0 Å². The number of carbonyl (C=O) groups excluding carboxylic acids is 2. The molecule has 1 heterocycles. The van der Waals surface area contributed by atoms with E-state index in [9.17, 15) is 9.59 Å². The maximum atomic E-state index is 11.3. The zero-order valence-electron chi connectivity index (χ0n) is 8.48. The van der Waals surface area contributed by atoms with Crippen LogP contribution in [0.1, 0.15) is 25.7 Å². The first-order valence-corrected chi connectivity index (χ1v) is 5.22. The van der Waals surface area contributed by atoms with Crippen molar-refractivity contribution in [3.8, 4) is 0 Å². The summed E-state index contributed by atoms with van der Waals surface area (Å²) in [5, 5.41) is 0. The Morgan fingerprint density at radius 3 is 2.67 bits per heavy atom. The van der Waals surface area contributed by atoms with Crippen molar-refractivity contribution in [2.75, 3.05) is 0 Å². The predicted octanol–water partition coefficient (Wildman–Crippen LogP) is 1.20. The highest BCUT2D eigenvalue weighted by atomic mass is 16.6. The Morgan fingerprint density at radius 2 is 1.93 bits per heavy atom. The number of ether oxygens (including phenoxy) is 2. The van der Waals surface area contributed by atoms with Gasteiger partial charge in [-0.3, -0.25) is 9.59 Å². The van der Waals surface area contributed by atoms with E-state index in [-0.39, 0.29) is 24.5 Å². The third-order valence-electron chi connectivity index (χ3n) is 2.96. The Kier molecular flexibility index (Phi) is 2.75. The van der Waals surface area contributed by atoms with Gasteiger partial charge in [0.25, 0.3) is 0 Å². The van der Waals surface area contributed by atoms with E-state index in [4.69, 9.17) is 9.47 Å². The summed E-state index contributed by atoms with van der Waals surface area (Å²) in [7, 11) is 0. The van der Waals surface area contributed by atoms with Crippen LogP contribution < -0.4 is 0 Å². The highest BCUT2D eigenvalue weighted by Gasteiger charge is 2.40. The summed E-state index contributed by atoms with van der Waals surface area (Å²) in [6.07, 6.45) is 3.60. The fraction of sp³-hybridized carbons (Fsp3) is 0.636. The van der Waals surface area contributed by atoms with Crippen molar-refractivity contribution in [3.05, 3.63) is 12.7 Å². The van der Waals surface area contributed by atoms with E-state index >= 15 is 0 Å². The Labute approximate surface area is 88.2 Å². The maximum Gasteiger partial charge on any atom is 0.317 e. The van der Waals surface area contributed by atoms with Crippen LogP contribution in [0.15, 0.2) is 12.7 Å². The zero-order chi connectivity index (χ0) is 10.8. The average Bonchev–Trinajstić information content (AvgIpc) is 2.33. The molecule has 0 amide bonds. The van der Waals surface area contributed by atoms with Gasteiger partial charge in [-0.1, -0.05) is 6.08 Å². The molecule has 4 heteroatoms. The molecule has 1 saturated carbocycles. The fourth-order valence-electron chi connectivity index (χ4n) is 2.22. The second-order valence-electron chi connectivity index (χ2n) is 3.99. The minimum atomic E-state index is -0.485. The summed E-state index contributed by atoms with van der Waals surface area (Å²) >= 11 is 0. The molecule has 0 radical (unpaired) electrons. The van der Waals surface area contributed by atoms with Gasteiger partial charge in [0.05, 0.1) is 0 Å².